The first-order valence-corrected chi connectivity index (χ1v) is 16.4. The molecule has 2 N–H and O–H groups in total. The average molecular weight is 618 g/mol. The summed E-state index contributed by atoms with van der Waals surface area (Å²) in [5, 5.41) is 6.37. The van der Waals surface area contributed by atoms with Gasteiger partial charge in [-0.05, 0) is 37.5 Å². The SMILES string of the molecule is CNC(=O)[C@@H](NC(=O)[C@@H]1CN(C(=O)c2cnc(COC)s2)CC12CN(C(=O)[C@H]1CC1(C)C)C2)[C@@H](C)OCC1CCCCC1. The number of thiazole rings is 1. The number of hydrogen-bond acceptors (Lipinski definition) is 8. The molecule has 4 amide bonds. The van der Waals surface area contributed by atoms with Gasteiger partial charge in [0.15, 0.2) is 0 Å². The third kappa shape index (κ3) is 6.76. The lowest BCUT2D eigenvalue weighted by Crippen LogP contribution is -2.65. The van der Waals surface area contributed by atoms with Crippen LogP contribution in [0, 0.1) is 28.6 Å². The fourth-order valence-electron chi connectivity index (χ4n) is 7.08. The zero-order chi connectivity index (χ0) is 30.9. The van der Waals surface area contributed by atoms with Crippen molar-refractivity contribution < 1.29 is 28.7 Å². The van der Waals surface area contributed by atoms with Gasteiger partial charge in [0, 0.05) is 58.3 Å². The molecule has 11 nitrogen and oxygen atoms in total. The van der Waals surface area contributed by atoms with E-state index in [0.29, 0.717) is 48.7 Å². The van der Waals surface area contributed by atoms with E-state index in [4.69, 9.17) is 9.47 Å². The summed E-state index contributed by atoms with van der Waals surface area (Å²) in [5.41, 5.74) is -0.567. The molecule has 1 aromatic rings. The first kappa shape index (κ1) is 31.8. The predicted molar refractivity (Wildman–Crippen MR) is 161 cm³/mol. The molecular formula is C31H47N5O6S. The summed E-state index contributed by atoms with van der Waals surface area (Å²) in [5.74, 6) is -0.763. The highest BCUT2D eigenvalue weighted by atomic mass is 32.1. The molecule has 3 heterocycles. The second kappa shape index (κ2) is 12.8. The molecule has 5 rings (SSSR count). The van der Waals surface area contributed by atoms with Crippen LogP contribution in [0.4, 0.5) is 0 Å². The first-order valence-electron chi connectivity index (χ1n) is 15.6. The Labute approximate surface area is 258 Å². The maximum atomic E-state index is 14.0. The number of likely N-dealkylation sites (N-methyl/N-ethyl adjacent to an activating group) is 1. The molecule has 12 heteroatoms. The maximum absolute atomic E-state index is 14.0. The molecule has 238 valence electrons. The molecule has 0 radical (unpaired) electrons. The summed E-state index contributed by atoms with van der Waals surface area (Å²) in [6.07, 6.45) is 7.80. The number of hydrogen-bond donors (Lipinski definition) is 2. The number of ether oxygens (including phenoxy) is 2. The third-order valence-corrected chi connectivity index (χ3v) is 11.0. The lowest BCUT2D eigenvalue weighted by Gasteiger charge is -2.50. The van der Waals surface area contributed by atoms with E-state index in [2.05, 4.69) is 29.5 Å². The molecule has 0 aromatic carbocycles. The molecule has 0 bridgehead atoms. The molecule has 2 aliphatic carbocycles. The number of nitrogens with one attached hydrogen (secondary N) is 2. The van der Waals surface area contributed by atoms with Gasteiger partial charge in [0.05, 0.1) is 24.8 Å². The molecule has 43 heavy (non-hydrogen) atoms. The Balaban J connectivity index is 1.30. The summed E-state index contributed by atoms with van der Waals surface area (Å²) in [6, 6.07) is -0.869. The summed E-state index contributed by atoms with van der Waals surface area (Å²) >= 11 is 1.28. The Bertz CT molecular complexity index is 1210. The van der Waals surface area contributed by atoms with E-state index in [9.17, 15) is 19.2 Å². The third-order valence-electron chi connectivity index (χ3n) is 10.0. The highest BCUT2D eigenvalue weighted by Crippen LogP contribution is 2.54. The second-order valence-corrected chi connectivity index (χ2v) is 14.8. The second-order valence-electron chi connectivity index (χ2n) is 13.7. The maximum Gasteiger partial charge on any atom is 0.265 e. The van der Waals surface area contributed by atoms with Gasteiger partial charge in [0.1, 0.15) is 15.9 Å². The lowest BCUT2D eigenvalue weighted by atomic mass is 9.70. The van der Waals surface area contributed by atoms with Crippen molar-refractivity contribution in [2.45, 2.75) is 78.0 Å². The minimum absolute atomic E-state index is 0.00690. The zero-order valence-corrected chi connectivity index (χ0v) is 27.0. The van der Waals surface area contributed by atoms with Crippen LogP contribution in [0.1, 0.15) is 74.0 Å². The van der Waals surface area contributed by atoms with Crippen molar-refractivity contribution in [2.24, 2.45) is 28.6 Å². The van der Waals surface area contributed by atoms with Gasteiger partial charge in [0.2, 0.25) is 17.7 Å². The Kier molecular flexibility index (Phi) is 9.48. The van der Waals surface area contributed by atoms with Gasteiger partial charge < -0.3 is 29.9 Å². The van der Waals surface area contributed by atoms with E-state index < -0.39 is 23.5 Å². The smallest absolute Gasteiger partial charge is 0.265 e. The van der Waals surface area contributed by atoms with E-state index in [0.717, 1.165) is 19.3 Å². The molecule has 0 unspecified atom stereocenters. The van der Waals surface area contributed by atoms with Crippen LogP contribution in [0.5, 0.6) is 0 Å². The Morgan fingerprint density at radius 2 is 1.77 bits per heavy atom. The molecular weight excluding hydrogens is 570 g/mol. The van der Waals surface area contributed by atoms with Gasteiger partial charge in [-0.1, -0.05) is 33.1 Å². The van der Waals surface area contributed by atoms with Crippen LogP contribution < -0.4 is 10.6 Å². The van der Waals surface area contributed by atoms with Gasteiger partial charge in [-0.2, -0.15) is 0 Å². The fraction of sp³-hybridized carbons (Fsp3) is 0.774. The zero-order valence-electron chi connectivity index (χ0n) is 26.1. The lowest BCUT2D eigenvalue weighted by molar-refractivity contribution is -0.152. The van der Waals surface area contributed by atoms with E-state index >= 15 is 0 Å². The van der Waals surface area contributed by atoms with Crippen LogP contribution in [0.2, 0.25) is 0 Å². The summed E-state index contributed by atoms with van der Waals surface area (Å²) < 4.78 is 11.3. The molecule has 4 fully saturated rings. The summed E-state index contributed by atoms with van der Waals surface area (Å²) in [7, 11) is 3.13. The Hall–Kier alpha value is -2.57. The predicted octanol–water partition coefficient (Wildman–Crippen LogP) is 2.45. The molecule has 1 spiro atoms. The largest absolute Gasteiger partial charge is 0.378 e. The van der Waals surface area contributed by atoms with E-state index in [1.807, 2.05) is 11.8 Å². The van der Waals surface area contributed by atoms with Crippen molar-refractivity contribution in [1.29, 1.82) is 0 Å². The van der Waals surface area contributed by atoms with Gasteiger partial charge in [0.25, 0.3) is 5.91 Å². The number of carbonyl (C=O) groups is 4. The van der Waals surface area contributed by atoms with Crippen LogP contribution in [0.25, 0.3) is 0 Å². The summed E-state index contributed by atoms with van der Waals surface area (Å²) in [4.78, 5) is 62.0. The quantitative estimate of drug-likeness (QED) is 0.390. The topological polar surface area (TPSA) is 130 Å². The van der Waals surface area contributed by atoms with Crippen molar-refractivity contribution in [3.05, 3.63) is 16.1 Å². The highest BCUT2D eigenvalue weighted by molar-refractivity contribution is 7.13. The molecule has 4 atom stereocenters. The van der Waals surface area contributed by atoms with Crippen LogP contribution in [-0.2, 0) is 30.5 Å². The number of rotatable bonds is 11. The van der Waals surface area contributed by atoms with Gasteiger partial charge in [-0.25, -0.2) is 4.98 Å². The van der Waals surface area contributed by atoms with Crippen LogP contribution in [0.15, 0.2) is 6.20 Å². The van der Waals surface area contributed by atoms with Crippen LogP contribution in [-0.4, -0.2) is 97.5 Å². The molecule has 1 aromatic heterocycles. The summed E-state index contributed by atoms with van der Waals surface area (Å²) in [6.45, 7) is 8.30. The van der Waals surface area contributed by atoms with Gasteiger partial charge in [-0.3, -0.25) is 19.2 Å². The minimum Gasteiger partial charge on any atom is -0.378 e. The standard InChI is InChI=1S/C31H47N5O6S/c1-19(42-14-20-9-7-6-8-10-20)25(27(38)32-4)34-26(37)22-13-35(29(40)23-12-33-24(43-23)15-41-5)16-31(22)17-36(18-31)28(39)21-11-30(21,2)3/h12,19-22,25H,6-11,13-18H2,1-5H3,(H,32,38)(H,34,37)/t19-,21-,22+,25+/m1/s1. The molecule has 2 saturated carbocycles. The normalized spacial score (nSPS) is 25.6. The minimum atomic E-state index is -0.869. The van der Waals surface area contributed by atoms with Crippen molar-refractivity contribution in [3.8, 4) is 0 Å². The van der Waals surface area contributed by atoms with Crippen molar-refractivity contribution in [1.82, 2.24) is 25.4 Å². The van der Waals surface area contributed by atoms with Crippen molar-refractivity contribution in [3.63, 3.8) is 0 Å². The molecule has 2 aliphatic heterocycles. The number of amides is 4. The Morgan fingerprint density at radius 3 is 2.40 bits per heavy atom. The monoisotopic (exact) mass is 617 g/mol. The molecule has 2 saturated heterocycles. The Morgan fingerprint density at radius 1 is 1.09 bits per heavy atom. The van der Waals surface area contributed by atoms with Crippen molar-refractivity contribution in [2.75, 3.05) is 46.9 Å². The number of aromatic nitrogens is 1. The average Bonchev–Trinajstić information content (AvgIpc) is 3.30. The number of nitrogens with zero attached hydrogens (tertiary/aromatic N) is 3. The van der Waals surface area contributed by atoms with Crippen LogP contribution in [0.3, 0.4) is 0 Å². The van der Waals surface area contributed by atoms with Gasteiger partial charge >= 0.3 is 0 Å². The van der Waals surface area contributed by atoms with E-state index in [1.54, 1.807) is 25.3 Å². The number of likely N-dealkylation sites (tertiary alicyclic amines) is 2. The van der Waals surface area contributed by atoms with Crippen LogP contribution >= 0.6 is 11.3 Å². The first-order chi connectivity index (χ1) is 20.5. The fourth-order valence-corrected chi connectivity index (χ4v) is 7.94. The van der Waals surface area contributed by atoms with E-state index in [1.165, 1.54) is 30.6 Å². The van der Waals surface area contributed by atoms with Crippen molar-refractivity contribution >= 4 is 35.0 Å². The highest BCUT2D eigenvalue weighted by Gasteiger charge is 2.62. The molecule has 4 aliphatic rings. The van der Waals surface area contributed by atoms with E-state index in [-0.39, 0.29) is 41.5 Å². The number of methoxy groups -OCH3 is 1. The van der Waals surface area contributed by atoms with Gasteiger partial charge in [-0.15, -0.1) is 11.3 Å². The number of carbonyl (C=O) groups excluding carboxylic acids is 4.